The average molecular weight is 390 g/mol. The number of aromatic nitrogens is 3. The summed E-state index contributed by atoms with van der Waals surface area (Å²) < 4.78 is 7.65. The van der Waals surface area contributed by atoms with E-state index >= 15 is 0 Å². The lowest BCUT2D eigenvalue weighted by molar-refractivity contribution is 0.413. The molecule has 0 aliphatic carbocycles. The summed E-state index contributed by atoms with van der Waals surface area (Å²) in [7, 11) is 3.75. The molecule has 0 amide bonds. The van der Waals surface area contributed by atoms with E-state index in [-0.39, 0.29) is 0 Å². The molecule has 1 aromatic carbocycles. The molecule has 1 N–H and O–H groups in total. The average Bonchev–Trinajstić information content (AvgIpc) is 3.02. The molecule has 0 aliphatic rings. The van der Waals surface area contributed by atoms with E-state index in [1.54, 1.807) is 26.4 Å². The van der Waals surface area contributed by atoms with Crippen LogP contribution in [0.3, 0.4) is 0 Å². The second kappa shape index (κ2) is 8.73. The van der Waals surface area contributed by atoms with Crippen molar-refractivity contribution in [1.82, 2.24) is 14.5 Å². The van der Waals surface area contributed by atoms with Crippen LogP contribution in [0.2, 0.25) is 0 Å². The van der Waals surface area contributed by atoms with Gasteiger partial charge in [0, 0.05) is 49.6 Å². The Morgan fingerprint density at radius 1 is 1.28 bits per heavy atom. The Bertz CT molecular complexity index is 1090. The maximum atomic E-state index is 5.53. The first kappa shape index (κ1) is 20.3. The SMILES string of the molecule is C=C(C)OC(CNc1cc(/C(C)=C/c2c(C)ccn2C)c2nccnc2c1)=NC. The lowest BCUT2D eigenvalue weighted by Gasteiger charge is -2.13. The quantitative estimate of drug-likeness (QED) is 0.373. The van der Waals surface area contributed by atoms with Crippen LogP contribution in [0.4, 0.5) is 5.69 Å². The maximum absolute atomic E-state index is 5.53. The van der Waals surface area contributed by atoms with Crippen molar-refractivity contribution in [3.63, 3.8) is 0 Å². The van der Waals surface area contributed by atoms with E-state index in [1.165, 1.54) is 11.3 Å². The third-order valence-corrected chi connectivity index (χ3v) is 4.67. The molecule has 2 heterocycles. The first-order valence-electron chi connectivity index (χ1n) is 9.47. The summed E-state index contributed by atoms with van der Waals surface area (Å²) in [6.45, 7) is 10.2. The molecule has 2 aromatic heterocycles. The van der Waals surface area contributed by atoms with Crippen LogP contribution in [-0.2, 0) is 11.8 Å². The smallest absolute Gasteiger partial charge is 0.208 e. The van der Waals surface area contributed by atoms with Gasteiger partial charge in [0.2, 0.25) is 5.90 Å². The number of fused-ring (bicyclic) bond motifs is 1. The number of ether oxygens (including phenoxy) is 1. The summed E-state index contributed by atoms with van der Waals surface area (Å²) >= 11 is 0. The zero-order valence-electron chi connectivity index (χ0n) is 17.7. The molecule has 0 atom stereocenters. The van der Waals surface area contributed by atoms with Crippen molar-refractivity contribution in [1.29, 1.82) is 0 Å². The van der Waals surface area contributed by atoms with Crippen molar-refractivity contribution in [2.45, 2.75) is 20.8 Å². The summed E-state index contributed by atoms with van der Waals surface area (Å²) in [6, 6.07) is 6.19. The lowest BCUT2D eigenvalue weighted by atomic mass is 10.0. The molecule has 29 heavy (non-hydrogen) atoms. The van der Waals surface area contributed by atoms with Crippen LogP contribution in [0, 0.1) is 6.92 Å². The van der Waals surface area contributed by atoms with Gasteiger partial charge in [-0.25, -0.2) is 0 Å². The Hall–Kier alpha value is -3.41. The Morgan fingerprint density at radius 2 is 2.03 bits per heavy atom. The minimum absolute atomic E-state index is 0.453. The molecule has 150 valence electrons. The number of benzene rings is 1. The van der Waals surface area contributed by atoms with E-state index in [0.29, 0.717) is 18.2 Å². The van der Waals surface area contributed by atoms with Crippen molar-refractivity contribution in [3.05, 3.63) is 65.9 Å². The first-order chi connectivity index (χ1) is 13.9. The van der Waals surface area contributed by atoms with Gasteiger partial charge in [-0.05, 0) is 56.2 Å². The minimum atomic E-state index is 0.453. The molecule has 3 rings (SSSR count). The van der Waals surface area contributed by atoms with Gasteiger partial charge in [0.1, 0.15) is 0 Å². The van der Waals surface area contributed by atoms with Gasteiger partial charge in [-0.3, -0.25) is 15.0 Å². The summed E-state index contributed by atoms with van der Waals surface area (Å²) in [4.78, 5) is 13.2. The molecule has 6 nitrogen and oxygen atoms in total. The van der Waals surface area contributed by atoms with Gasteiger partial charge in [-0.2, -0.15) is 0 Å². The number of nitrogens with zero attached hydrogens (tertiary/aromatic N) is 4. The normalized spacial score (nSPS) is 12.3. The Kier molecular flexibility index (Phi) is 6.12. The highest BCUT2D eigenvalue weighted by atomic mass is 16.5. The van der Waals surface area contributed by atoms with Crippen molar-refractivity contribution in [2.75, 3.05) is 18.9 Å². The lowest BCUT2D eigenvalue weighted by Crippen LogP contribution is -2.16. The number of nitrogens with one attached hydrogen (secondary N) is 1. The van der Waals surface area contributed by atoms with Crippen molar-refractivity contribution in [3.8, 4) is 0 Å². The second-order valence-electron chi connectivity index (χ2n) is 7.05. The van der Waals surface area contributed by atoms with E-state index in [1.807, 2.05) is 6.07 Å². The topological polar surface area (TPSA) is 64.3 Å². The van der Waals surface area contributed by atoms with Gasteiger partial charge >= 0.3 is 0 Å². The van der Waals surface area contributed by atoms with Crippen LogP contribution in [0.1, 0.15) is 30.7 Å². The highest BCUT2D eigenvalue weighted by molar-refractivity contribution is 5.95. The fourth-order valence-electron chi connectivity index (χ4n) is 3.18. The van der Waals surface area contributed by atoms with E-state index < -0.39 is 0 Å². The zero-order chi connectivity index (χ0) is 21.0. The molecule has 6 heteroatoms. The van der Waals surface area contributed by atoms with Crippen LogP contribution < -0.4 is 5.32 Å². The number of aryl methyl sites for hydroxylation is 2. The maximum Gasteiger partial charge on any atom is 0.208 e. The highest BCUT2D eigenvalue weighted by Crippen LogP contribution is 2.28. The van der Waals surface area contributed by atoms with Crippen LogP contribution in [-0.4, -0.2) is 34.0 Å². The van der Waals surface area contributed by atoms with E-state index in [2.05, 4.69) is 76.7 Å². The van der Waals surface area contributed by atoms with Crippen molar-refractivity contribution < 1.29 is 4.74 Å². The number of anilines is 1. The number of rotatable bonds is 6. The third kappa shape index (κ3) is 4.71. The molecule has 0 aliphatic heterocycles. The molecule has 3 aromatic rings. The van der Waals surface area contributed by atoms with Gasteiger partial charge in [0.25, 0.3) is 0 Å². The molecular weight excluding hydrogens is 362 g/mol. The molecular formula is C23H27N5O. The molecule has 0 bridgehead atoms. The number of hydrogen-bond acceptors (Lipinski definition) is 5. The van der Waals surface area contributed by atoms with Gasteiger partial charge in [0.15, 0.2) is 0 Å². The van der Waals surface area contributed by atoms with E-state index in [0.717, 1.165) is 27.9 Å². The Balaban J connectivity index is 1.99. The predicted octanol–water partition coefficient (Wildman–Crippen LogP) is 4.83. The first-order valence-corrected chi connectivity index (χ1v) is 9.47. The van der Waals surface area contributed by atoms with Gasteiger partial charge < -0.3 is 14.6 Å². The van der Waals surface area contributed by atoms with Crippen LogP contribution >= 0.6 is 0 Å². The number of allylic oxidation sites excluding steroid dienone is 2. The summed E-state index contributed by atoms with van der Waals surface area (Å²) in [5.74, 6) is 1.18. The second-order valence-corrected chi connectivity index (χ2v) is 7.05. The molecule has 0 saturated carbocycles. The molecule has 0 fully saturated rings. The highest BCUT2D eigenvalue weighted by Gasteiger charge is 2.11. The minimum Gasteiger partial charge on any atom is -0.447 e. The largest absolute Gasteiger partial charge is 0.447 e. The fraction of sp³-hybridized carbons (Fsp3) is 0.261. The van der Waals surface area contributed by atoms with E-state index in [9.17, 15) is 0 Å². The summed E-state index contributed by atoms with van der Waals surface area (Å²) in [6.07, 6.45) is 7.69. The third-order valence-electron chi connectivity index (χ3n) is 4.67. The number of hydrogen-bond donors (Lipinski definition) is 1. The molecule has 0 spiro atoms. The van der Waals surface area contributed by atoms with Crippen LogP contribution in [0.25, 0.3) is 22.7 Å². The summed E-state index contributed by atoms with van der Waals surface area (Å²) in [5.41, 5.74) is 7.20. The van der Waals surface area contributed by atoms with Gasteiger partial charge in [-0.15, -0.1) is 0 Å². The predicted molar refractivity (Wildman–Crippen MR) is 121 cm³/mol. The Labute approximate surface area is 171 Å². The molecule has 0 saturated heterocycles. The molecule has 0 radical (unpaired) electrons. The van der Waals surface area contributed by atoms with Gasteiger partial charge in [-0.1, -0.05) is 6.58 Å². The van der Waals surface area contributed by atoms with Crippen molar-refractivity contribution in [2.24, 2.45) is 12.0 Å². The number of aliphatic imine (C=N–C) groups is 1. The van der Waals surface area contributed by atoms with Crippen LogP contribution in [0.15, 0.2) is 54.1 Å². The Morgan fingerprint density at radius 3 is 2.69 bits per heavy atom. The fourth-order valence-corrected chi connectivity index (χ4v) is 3.18. The van der Waals surface area contributed by atoms with E-state index in [4.69, 9.17) is 4.74 Å². The van der Waals surface area contributed by atoms with Crippen molar-refractivity contribution >= 4 is 34.3 Å². The molecule has 0 unspecified atom stereocenters. The standard InChI is InChI=1S/C23H27N5O/c1-15(2)29-22(24-5)14-27-18-12-19(23-20(13-18)25-8-9-26-23)17(4)11-21-16(3)7-10-28(21)6/h7-13,27H,1,14H2,2-6H3/b17-11+,24-22?. The zero-order valence-corrected chi connectivity index (χ0v) is 17.7. The summed E-state index contributed by atoms with van der Waals surface area (Å²) in [5, 5.41) is 3.37. The van der Waals surface area contributed by atoms with Crippen LogP contribution in [0.5, 0.6) is 0 Å². The monoisotopic (exact) mass is 389 g/mol. The van der Waals surface area contributed by atoms with Gasteiger partial charge in [0.05, 0.1) is 23.3 Å².